The van der Waals surface area contributed by atoms with E-state index in [0.717, 1.165) is 40.8 Å². The van der Waals surface area contributed by atoms with Crippen molar-refractivity contribution < 1.29 is 14.3 Å². The number of urea groups is 1. The van der Waals surface area contributed by atoms with E-state index in [-0.39, 0.29) is 11.4 Å². The predicted molar refractivity (Wildman–Crippen MR) is 169 cm³/mol. The highest BCUT2D eigenvalue weighted by molar-refractivity contribution is 6.07. The van der Waals surface area contributed by atoms with Crippen LogP contribution < -0.4 is 20.3 Å². The van der Waals surface area contributed by atoms with Gasteiger partial charge in [-0.25, -0.2) is 14.5 Å². The molecule has 1 aliphatic heterocycles. The van der Waals surface area contributed by atoms with E-state index in [0.29, 0.717) is 42.3 Å². The van der Waals surface area contributed by atoms with Crippen molar-refractivity contribution in [2.45, 2.75) is 33.1 Å². The lowest BCUT2D eigenvalue weighted by Crippen LogP contribution is -2.37. The first-order chi connectivity index (χ1) is 20.7. The summed E-state index contributed by atoms with van der Waals surface area (Å²) in [4.78, 5) is 24.5. The van der Waals surface area contributed by atoms with Crippen LogP contribution in [0, 0.1) is 6.92 Å². The molecule has 1 fully saturated rings. The number of amides is 2. The predicted octanol–water partition coefficient (Wildman–Crippen LogP) is 6.69. The van der Waals surface area contributed by atoms with E-state index in [1.807, 2.05) is 73.7 Å². The second-order valence-corrected chi connectivity index (χ2v) is 11.5. The van der Waals surface area contributed by atoms with Gasteiger partial charge in [-0.3, -0.25) is 5.32 Å². The number of carbonyl (C=O) groups excluding carboxylic acids is 1. The van der Waals surface area contributed by atoms with E-state index < -0.39 is 0 Å². The number of fused-ring (bicyclic) bond motifs is 1. The summed E-state index contributed by atoms with van der Waals surface area (Å²) in [6.07, 6.45) is 1.70. The summed E-state index contributed by atoms with van der Waals surface area (Å²) in [5.74, 6) is 2.26. The molecule has 0 spiro atoms. The number of nitrogens with zero attached hydrogens (tertiary/aromatic N) is 5. The molecule has 3 aromatic carbocycles. The Bertz CT molecular complexity index is 1750. The van der Waals surface area contributed by atoms with E-state index in [1.54, 1.807) is 16.9 Å². The molecule has 2 aromatic heterocycles. The van der Waals surface area contributed by atoms with Gasteiger partial charge in [-0.05, 0) is 31.2 Å². The highest BCUT2D eigenvalue weighted by Crippen LogP contribution is 2.34. The van der Waals surface area contributed by atoms with Crippen molar-refractivity contribution in [1.29, 1.82) is 0 Å². The first kappa shape index (κ1) is 28.2. The number of carbonyl (C=O) groups is 1. The van der Waals surface area contributed by atoms with Crippen LogP contribution in [0.3, 0.4) is 0 Å². The van der Waals surface area contributed by atoms with Crippen molar-refractivity contribution in [2.24, 2.45) is 0 Å². The van der Waals surface area contributed by atoms with Crippen molar-refractivity contribution in [3.63, 3.8) is 0 Å². The van der Waals surface area contributed by atoms with Gasteiger partial charge in [-0.15, -0.1) is 0 Å². The Labute approximate surface area is 250 Å². The minimum atomic E-state index is -0.376. The molecule has 2 N–H and O–H groups in total. The smallest absolute Gasteiger partial charge is 0.324 e. The maximum atomic E-state index is 13.4. The number of benzene rings is 3. The normalized spacial score (nSPS) is 13.6. The minimum absolute atomic E-state index is 0.193. The van der Waals surface area contributed by atoms with Crippen LogP contribution >= 0.6 is 0 Å². The van der Waals surface area contributed by atoms with Gasteiger partial charge in [0.2, 0.25) is 11.8 Å². The molecule has 220 valence electrons. The first-order valence-electron chi connectivity index (χ1n) is 14.4. The molecular formula is C33H35N7O3. The number of hydrogen-bond acceptors (Lipinski definition) is 7. The molecule has 43 heavy (non-hydrogen) atoms. The number of ether oxygens (including phenoxy) is 2. The van der Waals surface area contributed by atoms with Gasteiger partial charge in [0.15, 0.2) is 0 Å². The van der Waals surface area contributed by atoms with Crippen LogP contribution in [0.1, 0.15) is 32.0 Å². The highest BCUT2D eigenvalue weighted by Gasteiger charge is 2.22. The molecule has 10 nitrogen and oxygen atoms in total. The molecule has 1 saturated heterocycles. The van der Waals surface area contributed by atoms with Gasteiger partial charge in [0.25, 0.3) is 0 Å². The number of morpholine rings is 1. The zero-order valence-electron chi connectivity index (χ0n) is 24.8. The van der Waals surface area contributed by atoms with Gasteiger partial charge in [0, 0.05) is 47.6 Å². The molecule has 10 heteroatoms. The van der Waals surface area contributed by atoms with Gasteiger partial charge < -0.3 is 19.7 Å². The Balaban J connectivity index is 1.24. The van der Waals surface area contributed by atoms with Crippen LogP contribution in [0.5, 0.6) is 11.6 Å². The van der Waals surface area contributed by atoms with Crippen LogP contribution in [-0.2, 0) is 10.2 Å². The van der Waals surface area contributed by atoms with E-state index in [2.05, 4.69) is 46.3 Å². The van der Waals surface area contributed by atoms with Crippen LogP contribution in [0.2, 0.25) is 0 Å². The SMILES string of the molecule is Cc1ccc(-n2nc(C(C)(C)C)cc2NC(=O)Nc2ccc(Oc3ccnc(N4CCOCC4)n3)c3ccccc23)cc1. The van der Waals surface area contributed by atoms with E-state index in [1.165, 1.54) is 0 Å². The average Bonchev–Trinajstić information content (AvgIpc) is 3.44. The molecular weight excluding hydrogens is 542 g/mol. The van der Waals surface area contributed by atoms with Crippen molar-refractivity contribution >= 4 is 34.3 Å². The van der Waals surface area contributed by atoms with Crippen LogP contribution in [0.15, 0.2) is 79.0 Å². The number of anilines is 3. The summed E-state index contributed by atoms with van der Waals surface area (Å²) in [5, 5.41) is 12.5. The third-order valence-corrected chi connectivity index (χ3v) is 7.26. The Morgan fingerprint density at radius 3 is 2.42 bits per heavy atom. The molecule has 2 amide bonds. The summed E-state index contributed by atoms with van der Waals surface area (Å²) in [7, 11) is 0. The monoisotopic (exact) mass is 577 g/mol. The lowest BCUT2D eigenvalue weighted by atomic mass is 9.92. The summed E-state index contributed by atoms with van der Waals surface area (Å²) in [5.41, 5.74) is 3.34. The summed E-state index contributed by atoms with van der Waals surface area (Å²) < 4.78 is 13.4. The third-order valence-electron chi connectivity index (χ3n) is 7.26. The zero-order chi connectivity index (χ0) is 30.0. The number of nitrogens with one attached hydrogen (secondary N) is 2. The molecule has 0 saturated carbocycles. The number of hydrogen-bond donors (Lipinski definition) is 2. The standard InChI is InChI=1S/C33H35N7O3/c1-22-9-11-23(12-10-22)40-29(21-28(38-40)33(2,3)4)36-32(41)35-26-13-14-27(25-8-6-5-7-24(25)26)43-30-15-16-34-31(37-30)39-17-19-42-20-18-39/h5-16,21H,17-20H2,1-4H3,(H2,35,36,41). The van der Waals surface area contributed by atoms with Crippen molar-refractivity contribution in [2.75, 3.05) is 41.8 Å². The molecule has 6 rings (SSSR count). The first-order valence-corrected chi connectivity index (χ1v) is 14.4. The Kier molecular flexibility index (Phi) is 7.69. The van der Waals surface area contributed by atoms with Gasteiger partial charge in [0.05, 0.1) is 30.3 Å². The molecule has 0 atom stereocenters. The largest absolute Gasteiger partial charge is 0.438 e. The van der Waals surface area contributed by atoms with Crippen molar-refractivity contribution in [3.8, 4) is 17.3 Å². The lowest BCUT2D eigenvalue weighted by molar-refractivity contribution is 0.122. The Morgan fingerprint density at radius 1 is 0.930 bits per heavy atom. The Hall–Kier alpha value is -4.96. The van der Waals surface area contributed by atoms with E-state index in [4.69, 9.17) is 14.6 Å². The second-order valence-electron chi connectivity index (χ2n) is 11.5. The molecule has 5 aromatic rings. The average molecular weight is 578 g/mol. The molecule has 0 aliphatic carbocycles. The van der Waals surface area contributed by atoms with Gasteiger partial charge in [0.1, 0.15) is 11.6 Å². The maximum Gasteiger partial charge on any atom is 0.324 e. The summed E-state index contributed by atoms with van der Waals surface area (Å²) >= 11 is 0. The van der Waals surface area contributed by atoms with Gasteiger partial charge in [-0.2, -0.15) is 10.1 Å². The van der Waals surface area contributed by atoms with E-state index >= 15 is 0 Å². The lowest BCUT2D eigenvalue weighted by Gasteiger charge is -2.26. The quantitative estimate of drug-likeness (QED) is 0.231. The fourth-order valence-electron chi connectivity index (χ4n) is 4.88. The topological polar surface area (TPSA) is 106 Å². The minimum Gasteiger partial charge on any atom is -0.438 e. The van der Waals surface area contributed by atoms with Crippen LogP contribution in [0.25, 0.3) is 16.5 Å². The van der Waals surface area contributed by atoms with Crippen LogP contribution in [0.4, 0.5) is 22.2 Å². The molecule has 1 aliphatic rings. The van der Waals surface area contributed by atoms with Crippen molar-refractivity contribution in [3.05, 3.63) is 90.3 Å². The number of aryl methyl sites for hydroxylation is 1. The molecule has 0 radical (unpaired) electrons. The molecule has 0 unspecified atom stereocenters. The molecule has 0 bridgehead atoms. The third kappa shape index (κ3) is 6.29. The number of rotatable bonds is 6. The van der Waals surface area contributed by atoms with Crippen molar-refractivity contribution in [1.82, 2.24) is 19.7 Å². The fraction of sp³-hybridized carbons (Fsp3) is 0.273. The molecule has 3 heterocycles. The fourth-order valence-corrected chi connectivity index (χ4v) is 4.88. The highest BCUT2D eigenvalue weighted by atomic mass is 16.5. The second kappa shape index (κ2) is 11.7. The maximum absolute atomic E-state index is 13.4. The van der Waals surface area contributed by atoms with Gasteiger partial charge in [-0.1, -0.05) is 62.7 Å². The summed E-state index contributed by atoms with van der Waals surface area (Å²) in [6.45, 7) is 11.1. The Morgan fingerprint density at radius 2 is 1.67 bits per heavy atom. The van der Waals surface area contributed by atoms with E-state index in [9.17, 15) is 4.79 Å². The number of aromatic nitrogens is 4. The van der Waals surface area contributed by atoms with Gasteiger partial charge >= 0.3 is 6.03 Å². The summed E-state index contributed by atoms with van der Waals surface area (Å²) in [6, 6.07) is 22.8. The van der Waals surface area contributed by atoms with Crippen LogP contribution in [-0.4, -0.2) is 52.1 Å². The zero-order valence-corrected chi connectivity index (χ0v) is 24.8.